The van der Waals surface area contributed by atoms with Crippen LogP contribution in [0.4, 0.5) is 0 Å². The van der Waals surface area contributed by atoms with Gasteiger partial charge in [0.15, 0.2) is 5.69 Å². The van der Waals surface area contributed by atoms with Crippen molar-refractivity contribution < 1.29 is 9.53 Å². The van der Waals surface area contributed by atoms with Gasteiger partial charge in [-0.3, -0.25) is 4.98 Å². The molecule has 3 aromatic heterocycles. The van der Waals surface area contributed by atoms with Gasteiger partial charge in [-0.05, 0) is 45.4 Å². The molecule has 0 spiro atoms. The average Bonchev–Trinajstić information content (AvgIpc) is 2.94. The average molecular weight is 334 g/mol. The molecule has 6 nitrogen and oxygen atoms in total. The summed E-state index contributed by atoms with van der Waals surface area (Å²) in [7, 11) is 0. The zero-order chi connectivity index (χ0) is 17.7. The Kier molecular flexibility index (Phi) is 3.42. The Morgan fingerprint density at radius 1 is 1.08 bits per heavy atom. The minimum atomic E-state index is -0.411. The molecule has 1 N–H and O–H groups in total. The van der Waals surface area contributed by atoms with E-state index in [4.69, 9.17) is 4.74 Å². The zero-order valence-corrected chi connectivity index (χ0v) is 14.5. The number of fused-ring (bicyclic) bond motifs is 5. The first-order valence-electron chi connectivity index (χ1n) is 8.20. The molecule has 0 radical (unpaired) electrons. The molecule has 126 valence electrons. The Bertz CT molecular complexity index is 1140. The number of carbonyl (C=O) groups excluding carboxylic acids is 1. The summed E-state index contributed by atoms with van der Waals surface area (Å²) in [5.74, 6) is -0.411. The molecular formula is C19H18N4O2. The maximum Gasteiger partial charge on any atom is 0.357 e. The molecule has 4 rings (SSSR count). The molecule has 0 bridgehead atoms. The van der Waals surface area contributed by atoms with Crippen LogP contribution in [-0.2, 0) is 4.74 Å². The minimum Gasteiger partial charge on any atom is -0.458 e. The molecule has 0 saturated heterocycles. The molecule has 0 amide bonds. The Morgan fingerprint density at radius 3 is 2.64 bits per heavy atom. The number of hydrogen-bond acceptors (Lipinski definition) is 5. The highest BCUT2D eigenvalue weighted by Crippen LogP contribution is 2.33. The third kappa shape index (κ3) is 2.41. The van der Waals surface area contributed by atoms with E-state index in [2.05, 4.69) is 19.9 Å². The van der Waals surface area contributed by atoms with Gasteiger partial charge in [0, 0.05) is 22.5 Å². The Hall–Kier alpha value is -3.02. The summed E-state index contributed by atoms with van der Waals surface area (Å²) in [4.78, 5) is 29.2. The van der Waals surface area contributed by atoms with Crippen LogP contribution in [0, 0.1) is 13.8 Å². The molecule has 1 aromatic carbocycles. The quantitative estimate of drug-likeness (QED) is 0.563. The summed E-state index contributed by atoms with van der Waals surface area (Å²) in [6.07, 6.45) is 3.23. The van der Waals surface area contributed by atoms with E-state index < -0.39 is 5.97 Å². The number of carbonyl (C=O) groups is 1. The van der Waals surface area contributed by atoms with Crippen LogP contribution < -0.4 is 0 Å². The van der Waals surface area contributed by atoms with E-state index in [1.54, 1.807) is 12.4 Å². The molecule has 0 aliphatic heterocycles. The van der Waals surface area contributed by atoms with Gasteiger partial charge in [-0.15, -0.1) is 0 Å². The fourth-order valence-electron chi connectivity index (χ4n) is 3.17. The topological polar surface area (TPSA) is 80.8 Å². The van der Waals surface area contributed by atoms with Crippen LogP contribution in [0.2, 0.25) is 0 Å². The number of benzene rings is 1. The van der Waals surface area contributed by atoms with Crippen molar-refractivity contribution in [3.63, 3.8) is 0 Å². The van der Waals surface area contributed by atoms with E-state index in [-0.39, 0.29) is 6.10 Å². The van der Waals surface area contributed by atoms with Crippen molar-refractivity contribution in [2.45, 2.75) is 33.8 Å². The first kappa shape index (κ1) is 15.5. The summed E-state index contributed by atoms with van der Waals surface area (Å²) in [5, 5.41) is 1.90. The van der Waals surface area contributed by atoms with E-state index in [1.807, 2.05) is 39.8 Å². The highest BCUT2D eigenvalue weighted by atomic mass is 16.5. The van der Waals surface area contributed by atoms with Crippen LogP contribution in [-0.4, -0.2) is 32.0 Å². The summed E-state index contributed by atoms with van der Waals surface area (Å²) >= 11 is 0. The van der Waals surface area contributed by atoms with Crippen LogP contribution in [0.5, 0.6) is 0 Å². The van der Waals surface area contributed by atoms with Crippen LogP contribution in [0.1, 0.15) is 35.6 Å². The molecule has 0 fully saturated rings. The summed E-state index contributed by atoms with van der Waals surface area (Å²) < 4.78 is 5.32. The van der Waals surface area contributed by atoms with Gasteiger partial charge in [0.1, 0.15) is 0 Å². The first-order chi connectivity index (χ1) is 12.0. The number of nitrogens with one attached hydrogen (secondary N) is 1. The number of aromatic nitrogens is 4. The van der Waals surface area contributed by atoms with Crippen molar-refractivity contribution in [1.29, 1.82) is 0 Å². The molecule has 0 unspecified atom stereocenters. The van der Waals surface area contributed by atoms with Gasteiger partial charge in [0.2, 0.25) is 0 Å². The van der Waals surface area contributed by atoms with Crippen LogP contribution >= 0.6 is 0 Å². The van der Waals surface area contributed by atoms with Crippen LogP contribution in [0.3, 0.4) is 0 Å². The molecule has 4 aromatic rings. The lowest BCUT2D eigenvalue weighted by Crippen LogP contribution is -2.14. The second kappa shape index (κ2) is 5.51. The Morgan fingerprint density at radius 2 is 1.88 bits per heavy atom. The third-order valence-corrected chi connectivity index (χ3v) is 4.21. The maximum atomic E-state index is 12.4. The summed E-state index contributed by atoms with van der Waals surface area (Å²) in [5.41, 5.74) is 5.42. The van der Waals surface area contributed by atoms with Crippen molar-refractivity contribution in [2.24, 2.45) is 0 Å². The molecule has 0 atom stereocenters. The predicted molar refractivity (Wildman–Crippen MR) is 96.7 cm³/mol. The molecule has 6 heteroatoms. The van der Waals surface area contributed by atoms with Gasteiger partial charge < -0.3 is 9.72 Å². The number of ether oxygens (including phenoxy) is 1. The van der Waals surface area contributed by atoms with Crippen molar-refractivity contribution in [2.75, 3.05) is 0 Å². The predicted octanol–water partition coefficient (Wildman–Crippen LogP) is 3.84. The van der Waals surface area contributed by atoms with Crippen molar-refractivity contribution in [1.82, 2.24) is 19.9 Å². The fraction of sp³-hybridized carbons (Fsp3) is 0.263. The second-order valence-corrected chi connectivity index (χ2v) is 6.47. The lowest BCUT2D eigenvalue weighted by atomic mass is 10.1. The number of nitrogens with zero attached hydrogens (tertiary/aromatic N) is 3. The van der Waals surface area contributed by atoms with Crippen LogP contribution in [0.15, 0.2) is 24.5 Å². The lowest BCUT2D eigenvalue weighted by molar-refractivity contribution is 0.0370. The van der Waals surface area contributed by atoms with Gasteiger partial charge in [0.25, 0.3) is 0 Å². The van der Waals surface area contributed by atoms with Gasteiger partial charge in [-0.25, -0.2) is 14.8 Å². The largest absolute Gasteiger partial charge is 0.458 e. The number of hydrogen-bond donors (Lipinski definition) is 1. The summed E-state index contributed by atoms with van der Waals surface area (Å²) in [6, 6.07) is 3.92. The molecule has 0 aliphatic rings. The van der Waals surface area contributed by atoms with E-state index in [0.717, 1.165) is 44.1 Å². The fourth-order valence-corrected chi connectivity index (χ4v) is 3.17. The van der Waals surface area contributed by atoms with Gasteiger partial charge in [-0.2, -0.15) is 0 Å². The number of esters is 1. The lowest BCUT2D eigenvalue weighted by Gasteiger charge is -2.10. The number of H-pyrrole nitrogens is 1. The Labute approximate surface area is 144 Å². The maximum absolute atomic E-state index is 12.4. The number of pyridine rings is 1. The second-order valence-electron chi connectivity index (χ2n) is 6.47. The minimum absolute atomic E-state index is 0.193. The third-order valence-electron chi connectivity index (χ3n) is 4.21. The molecule has 0 aliphatic carbocycles. The van der Waals surface area contributed by atoms with E-state index in [0.29, 0.717) is 5.69 Å². The molecule has 3 heterocycles. The Balaban J connectivity index is 2.09. The first-order valence-corrected chi connectivity index (χ1v) is 8.20. The van der Waals surface area contributed by atoms with Gasteiger partial charge >= 0.3 is 5.97 Å². The standard InChI is InChI=1S/C19H18N4O2/c1-9(2)25-19(24)17-11(4)15-14(8-21-17)23-12-5-6-13-18(16(12)15)22-10(3)7-20-13/h5-9,23H,1-4H3. The van der Waals surface area contributed by atoms with Gasteiger partial charge in [-0.1, -0.05) is 0 Å². The van der Waals surface area contributed by atoms with E-state index in [1.165, 1.54) is 0 Å². The zero-order valence-electron chi connectivity index (χ0n) is 14.5. The summed E-state index contributed by atoms with van der Waals surface area (Å²) in [6.45, 7) is 7.45. The highest BCUT2D eigenvalue weighted by molar-refractivity contribution is 6.20. The molecular weight excluding hydrogens is 316 g/mol. The van der Waals surface area contributed by atoms with Crippen LogP contribution in [0.25, 0.3) is 32.8 Å². The number of rotatable bonds is 2. The van der Waals surface area contributed by atoms with Crippen molar-refractivity contribution >= 4 is 38.8 Å². The monoisotopic (exact) mass is 334 g/mol. The number of aryl methyl sites for hydroxylation is 2. The van der Waals surface area contributed by atoms with Crippen molar-refractivity contribution in [3.8, 4) is 0 Å². The van der Waals surface area contributed by atoms with E-state index in [9.17, 15) is 4.79 Å². The van der Waals surface area contributed by atoms with E-state index >= 15 is 0 Å². The molecule has 25 heavy (non-hydrogen) atoms. The van der Waals surface area contributed by atoms with Crippen molar-refractivity contribution in [3.05, 3.63) is 41.5 Å². The normalized spacial score (nSPS) is 11.7. The SMILES string of the molecule is Cc1cnc2ccc3[nH]c4cnc(C(=O)OC(C)C)c(C)c4c3c2n1. The smallest absolute Gasteiger partial charge is 0.357 e. The van der Waals surface area contributed by atoms with Gasteiger partial charge in [0.05, 0.1) is 34.5 Å². The molecule has 0 saturated carbocycles. The highest BCUT2D eigenvalue weighted by Gasteiger charge is 2.20. The number of aromatic amines is 1.